The summed E-state index contributed by atoms with van der Waals surface area (Å²) in [5.41, 5.74) is 3.12. The number of amides is 1. The summed E-state index contributed by atoms with van der Waals surface area (Å²) in [5.74, 6) is 1.41. The second-order valence-electron chi connectivity index (χ2n) is 4.82. The van der Waals surface area contributed by atoms with Gasteiger partial charge in [-0.2, -0.15) is 5.10 Å². The molecule has 2 aromatic rings. The normalized spacial score (nSPS) is 10.5. The number of nitrogens with one attached hydrogen (secondary N) is 1. The van der Waals surface area contributed by atoms with Crippen LogP contribution in [0.15, 0.2) is 52.0 Å². The summed E-state index contributed by atoms with van der Waals surface area (Å²) < 4.78 is 17.0. The molecule has 6 nitrogen and oxygen atoms in total. The molecule has 7 heteroatoms. The summed E-state index contributed by atoms with van der Waals surface area (Å²) in [6.07, 6.45) is 1.50. The Hall–Kier alpha value is -2.54. The van der Waals surface area contributed by atoms with E-state index in [1.54, 1.807) is 19.2 Å². The van der Waals surface area contributed by atoms with Crippen molar-refractivity contribution in [3.05, 3.63) is 52.5 Å². The first-order chi connectivity index (χ1) is 12.2. The monoisotopic (exact) mass is 406 g/mol. The van der Waals surface area contributed by atoms with E-state index in [9.17, 15) is 4.79 Å². The number of para-hydroxylation sites is 2. The maximum absolute atomic E-state index is 11.8. The van der Waals surface area contributed by atoms with E-state index in [-0.39, 0.29) is 12.5 Å². The third-order valence-corrected chi connectivity index (χ3v) is 3.76. The Balaban J connectivity index is 1.94. The van der Waals surface area contributed by atoms with Gasteiger partial charge in [0.25, 0.3) is 5.91 Å². The van der Waals surface area contributed by atoms with Crippen LogP contribution < -0.4 is 19.6 Å². The maximum Gasteiger partial charge on any atom is 0.277 e. The Bertz CT molecular complexity index is 750. The van der Waals surface area contributed by atoms with Gasteiger partial charge in [0, 0.05) is 5.56 Å². The van der Waals surface area contributed by atoms with Crippen LogP contribution >= 0.6 is 15.9 Å². The van der Waals surface area contributed by atoms with Crippen LogP contribution in [0.25, 0.3) is 0 Å². The van der Waals surface area contributed by atoms with Crippen molar-refractivity contribution in [1.82, 2.24) is 5.43 Å². The van der Waals surface area contributed by atoms with Gasteiger partial charge in [0.15, 0.2) is 18.1 Å². The van der Waals surface area contributed by atoms with Crippen molar-refractivity contribution >= 4 is 28.1 Å². The molecule has 0 bridgehead atoms. The number of hydrazone groups is 1. The lowest BCUT2D eigenvalue weighted by Crippen LogP contribution is -2.24. The first-order valence-corrected chi connectivity index (χ1v) is 8.44. The molecular formula is C18H19BrN2O4. The summed E-state index contributed by atoms with van der Waals surface area (Å²) in [6, 6.07) is 12.7. The molecular weight excluding hydrogens is 388 g/mol. The minimum absolute atomic E-state index is 0.142. The van der Waals surface area contributed by atoms with E-state index in [0.717, 1.165) is 4.47 Å². The fraction of sp³-hybridized carbons (Fsp3) is 0.222. The van der Waals surface area contributed by atoms with E-state index < -0.39 is 0 Å². The van der Waals surface area contributed by atoms with Gasteiger partial charge in [0.05, 0.1) is 24.4 Å². The lowest BCUT2D eigenvalue weighted by molar-refractivity contribution is -0.123. The topological polar surface area (TPSA) is 69.2 Å². The van der Waals surface area contributed by atoms with Gasteiger partial charge in [0.1, 0.15) is 5.75 Å². The molecule has 0 fully saturated rings. The number of carbonyl (C=O) groups excluding carboxylic acids is 1. The number of nitrogens with zero attached hydrogens (tertiary/aromatic N) is 1. The van der Waals surface area contributed by atoms with Gasteiger partial charge in [-0.05, 0) is 47.1 Å². The molecule has 0 radical (unpaired) electrons. The van der Waals surface area contributed by atoms with Crippen molar-refractivity contribution in [3.63, 3.8) is 0 Å². The van der Waals surface area contributed by atoms with Gasteiger partial charge < -0.3 is 14.2 Å². The molecule has 0 atom stereocenters. The highest BCUT2D eigenvalue weighted by molar-refractivity contribution is 9.10. The van der Waals surface area contributed by atoms with Crippen molar-refractivity contribution < 1.29 is 19.0 Å². The zero-order valence-corrected chi connectivity index (χ0v) is 15.6. The fourth-order valence-corrected chi connectivity index (χ4v) is 2.40. The van der Waals surface area contributed by atoms with E-state index in [1.165, 1.54) is 6.21 Å². The summed E-state index contributed by atoms with van der Waals surface area (Å²) in [4.78, 5) is 11.8. The molecule has 0 aliphatic rings. The number of methoxy groups -OCH3 is 1. The smallest absolute Gasteiger partial charge is 0.277 e. The third kappa shape index (κ3) is 5.49. The number of rotatable bonds is 8. The number of ether oxygens (including phenoxy) is 3. The van der Waals surface area contributed by atoms with Crippen LogP contribution in [0.4, 0.5) is 0 Å². The molecule has 0 aliphatic heterocycles. The first-order valence-electron chi connectivity index (χ1n) is 7.64. The average Bonchev–Trinajstić information content (AvgIpc) is 2.62. The SMILES string of the molecule is CCOc1c(/C=N/NC(=O)COc2ccccc2Br)cccc1OC. The number of hydrogen-bond donors (Lipinski definition) is 1. The minimum Gasteiger partial charge on any atom is -0.493 e. The molecule has 0 saturated carbocycles. The van der Waals surface area contributed by atoms with Crippen molar-refractivity contribution in [3.8, 4) is 17.2 Å². The van der Waals surface area contributed by atoms with E-state index >= 15 is 0 Å². The molecule has 0 heterocycles. The molecule has 25 heavy (non-hydrogen) atoms. The van der Waals surface area contributed by atoms with Crippen LogP contribution in [-0.4, -0.2) is 32.4 Å². The molecule has 1 N–H and O–H groups in total. The molecule has 0 unspecified atom stereocenters. The minimum atomic E-state index is -0.368. The van der Waals surface area contributed by atoms with E-state index in [0.29, 0.717) is 29.4 Å². The molecule has 0 aliphatic carbocycles. The van der Waals surface area contributed by atoms with Gasteiger partial charge in [-0.1, -0.05) is 18.2 Å². The van der Waals surface area contributed by atoms with Crippen molar-refractivity contribution in [2.75, 3.05) is 20.3 Å². The number of hydrogen-bond acceptors (Lipinski definition) is 5. The second kappa shape index (κ2) is 9.68. The fourth-order valence-electron chi connectivity index (χ4n) is 2.01. The summed E-state index contributed by atoms with van der Waals surface area (Å²) in [5, 5.41) is 3.94. The van der Waals surface area contributed by atoms with E-state index in [2.05, 4.69) is 26.5 Å². The van der Waals surface area contributed by atoms with Crippen LogP contribution in [0.3, 0.4) is 0 Å². The van der Waals surface area contributed by atoms with Gasteiger partial charge in [-0.25, -0.2) is 5.43 Å². The summed E-state index contributed by atoms with van der Waals surface area (Å²) in [7, 11) is 1.57. The van der Waals surface area contributed by atoms with Gasteiger partial charge in [0.2, 0.25) is 0 Å². The zero-order chi connectivity index (χ0) is 18.1. The van der Waals surface area contributed by atoms with Crippen LogP contribution in [0, 0.1) is 0 Å². The van der Waals surface area contributed by atoms with Crippen LogP contribution in [0.2, 0.25) is 0 Å². The van der Waals surface area contributed by atoms with Gasteiger partial charge in [-0.15, -0.1) is 0 Å². The molecule has 1 amide bonds. The van der Waals surface area contributed by atoms with E-state index in [1.807, 2.05) is 37.3 Å². The highest BCUT2D eigenvalue weighted by Crippen LogP contribution is 2.29. The molecule has 2 aromatic carbocycles. The number of carbonyl (C=O) groups is 1. The average molecular weight is 407 g/mol. The highest BCUT2D eigenvalue weighted by atomic mass is 79.9. The molecule has 0 aromatic heterocycles. The molecule has 0 saturated heterocycles. The second-order valence-corrected chi connectivity index (χ2v) is 5.68. The standard InChI is InChI=1S/C18H19BrN2O4/c1-3-24-18-13(7-6-10-16(18)23-2)11-20-21-17(22)12-25-15-9-5-4-8-14(15)19/h4-11H,3,12H2,1-2H3,(H,21,22)/b20-11+. The summed E-state index contributed by atoms with van der Waals surface area (Å²) in [6.45, 7) is 2.23. The molecule has 132 valence electrons. The lowest BCUT2D eigenvalue weighted by Gasteiger charge is -2.11. The number of benzene rings is 2. The Kier molecular flexibility index (Phi) is 7.28. The Morgan fingerprint density at radius 2 is 1.92 bits per heavy atom. The highest BCUT2D eigenvalue weighted by Gasteiger charge is 2.09. The zero-order valence-electron chi connectivity index (χ0n) is 14.0. The third-order valence-electron chi connectivity index (χ3n) is 3.11. The van der Waals surface area contributed by atoms with E-state index in [4.69, 9.17) is 14.2 Å². The van der Waals surface area contributed by atoms with Crippen LogP contribution in [0.1, 0.15) is 12.5 Å². The first kappa shape index (κ1) is 18.8. The quantitative estimate of drug-likeness (QED) is 0.538. The number of halogens is 1. The van der Waals surface area contributed by atoms with Gasteiger partial charge >= 0.3 is 0 Å². The molecule has 2 rings (SSSR count). The van der Waals surface area contributed by atoms with Crippen molar-refractivity contribution in [1.29, 1.82) is 0 Å². The van der Waals surface area contributed by atoms with Gasteiger partial charge in [-0.3, -0.25) is 4.79 Å². The Morgan fingerprint density at radius 3 is 2.64 bits per heavy atom. The summed E-state index contributed by atoms with van der Waals surface area (Å²) >= 11 is 3.35. The molecule has 0 spiro atoms. The van der Waals surface area contributed by atoms with Crippen LogP contribution in [0.5, 0.6) is 17.2 Å². The maximum atomic E-state index is 11.8. The van der Waals surface area contributed by atoms with Crippen molar-refractivity contribution in [2.45, 2.75) is 6.92 Å². The largest absolute Gasteiger partial charge is 0.493 e. The Labute approximate surface area is 154 Å². The van der Waals surface area contributed by atoms with Crippen LogP contribution in [-0.2, 0) is 4.79 Å². The Morgan fingerprint density at radius 1 is 1.16 bits per heavy atom. The predicted molar refractivity (Wildman–Crippen MR) is 99.5 cm³/mol. The predicted octanol–water partition coefficient (Wildman–Crippen LogP) is 3.39. The lowest BCUT2D eigenvalue weighted by atomic mass is 10.2. The van der Waals surface area contributed by atoms with Crippen molar-refractivity contribution in [2.24, 2.45) is 5.10 Å².